The van der Waals surface area contributed by atoms with Gasteiger partial charge in [0, 0.05) is 6.04 Å². The smallest absolute Gasteiger partial charge is 0.235 e. The summed E-state index contributed by atoms with van der Waals surface area (Å²) in [6.45, 7) is 2.19. The second-order valence-electron chi connectivity index (χ2n) is 6.56. The van der Waals surface area contributed by atoms with Crippen LogP contribution in [0.15, 0.2) is 0 Å². The molecule has 20 heavy (non-hydrogen) atoms. The summed E-state index contributed by atoms with van der Waals surface area (Å²) in [7, 11) is 0. The molecule has 2 rings (SSSR count). The van der Waals surface area contributed by atoms with Crippen molar-refractivity contribution in [2.24, 2.45) is 5.92 Å². The fraction of sp³-hybridized carbons (Fsp3) is 0.875. The van der Waals surface area contributed by atoms with Crippen LogP contribution in [0.5, 0.6) is 0 Å². The fourth-order valence-electron chi connectivity index (χ4n) is 3.11. The lowest BCUT2D eigenvalue weighted by Crippen LogP contribution is -2.50. The van der Waals surface area contributed by atoms with E-state index in [4.69, 9.17) is 0 Å². The first-order valence-corrected chi connectivity index (χ1v) is 8.10. The molecule has 2 fully saturated rings. The molecule has 2 aliphatic rings. The van der Waals surface area contributed by atoms with Crippen LogP contribution in [0, 0.1) is 17.2 Å². The lowest BCUT2D eigenvalue weighted by atomic mass is 9.96. The largest absolute Gasteiger partial charge is 0.337 e. The van der Waals surface area contributed by atoms with Gasteiger partial charge in [0.25, 0.3) is 0 Å². The second kappa shape index (κ2) is 7.08. The van der Waals surface area contributed by atoms with Crippen LogP contribution in [-0.4, -0.2) is 24.0 Å². The molecule has 0 bridgehead atoms. The molecular formula is C16H27N3O. The highest BCUT2D eigenvalue weighted by Gasteiger charge is 2.42. The van der Waals surface area contributed by atoms with Crippen LogP contribution in [0.2, 0.25) is 0 Å². The van der Waals surface area contributed by atoms with Crippen molar-refractivity contribution in [2.45, 2.75) is 76.3 Å². The first-order valence-electron chi connectivity index (χ1n) is 8.10. The van der Waals surface area contributed by atoms with E-state index in [0.717, 1.165) is 12.8 Å². The van der Waals surface area contributed by atoms with Gasteiger partial charge in [-0.05, 0) is 38.5 Å². The number of hydrogen-bond donors (Lipinski definition) is 2. The lowest BCUT2D eigenvalue weighted by Gasteiger charge is -2.25. The number of nitrogens with zero attached hydrogens (tertiary/aromatic N) is 1. The maximum atomic E-state index is 12.0. The van der Waals surface area contributed by atoms with E-state index < -0.39 is 5.54 Å². The van der Waals surface area contributed by atoms with Crippen LogP contribution in [0.25, 0.3) is 0 Å². The summed E-state index contributed by atoms with van der Waals surface area (Å²) >= 11 is 0. The Morgan fingerprint density at radius 1 is 1.15 bits per heavy atom. The highest BCUT2D eigenvalue weighted by molar-refractivity contribution is 5.79. The maximum Gasteiger partial charge on any atom is 0.235 e. The molecule has 0 aromatic rings. The Kier molecular flexibility index (Phi) is 5.42. The molecule has 0 heterocycles. The summed E-state index contributed by atoms with van der Waals surface area (Å²) in [4.78, 5) is 12.0. The predicted molar refractivity (Wildman–Crippen MR) is 79.0 cm³/mol. The van der Waals surface area contributed by atoms with Gasteiger partial charge in [0.15, 0.2) is 0 Å². The molecule has 0 aromatic carbocycles. The van der Waals surface area contributed by atoms with Crippen molar-refractivity contribution >= 4 is 5.91 Å². The van der Waals surface area contributed by atoms with Crippen molar-refractivity contribution in [2.75, 3.05) is 6.54 Å². The van der Waals surface area contributed by atoms with Gasteiger partial charge in [-0.2, -0.15) is 5.26 Å². The van der Waals surface area contributed by atoms with E-state index in [1.165, 1.54) is 44.9 Å². The van der Waals surface area contributed by atoms with Gasteiger partial charge in [-0.25, -0.2) is 0 Å². The summed E-state index contributed by atoms with van der Waals surface area (Å²) in [5, 5.41) is 15.5. The van der Waals surface area contributed by atoms with Crippen LogP contribution >= 0.6 is 0 Å². The molecule has 0 aromatic heterocycles. The van der Waals surface area contributed by atoms with Gasteiger partial charge in [-0.15, -0.1) is 0 Å². The predicted octanol–water partition coefficient (Wildman–Crippen LogP) is 2.50. The third-order valence-electron chi connectivity index (χ3n) is 4.68. The average molecular weight is 277 g/mol. The Balaban J connectivity index is 1.72. The van der Waals surface area contributed by atoms with Crippen molar-refractivity contribution in [1.29, 1.82) is 5.26 Å². The summed E-state index contributed by atoms with van der Waals surface area (Å²) in [5.41, 5.74) is -0.667. The summed E-state index contributed by atoms with van der Waals surface area (Å²) in [5.74, 6) is 0.306. The lowest BCUT2D eigenvalue weighted by molar-refractivity contribution is -0.121. The molecule has 1 amide bonds. The van der Waals surface area contributed by atoms with Gasteiger partial charge >= 0.3 is 0 Å². The van der Waals surface area contributed by atoms with Crippen LogP contribution < -0.4 is 10.6 Å². The van der Waals surface area contributed by atoms with Gasteiger partial charge in [-0.3, -0.25) is 4.79 Å². The van der Waals surface area contributed by atoms with Crippen molar-refractivity contribution < 1.29 is 4.79 Å². The van der Waals surface area contributed by atoms with Crippen LogP contribution in [0.4, 0.5) is 0 Å². The molecule has 1 atom stereocenters. The van der Waals surface area contributed by atoms with E-state index in [2.05, 4.69) is 16.7 Å². The highest BCUT2D eigenvalue weighted by atomic mass is 16.2. The molecule has 0 aliphatic heterocycles. The number of rotatable bonds is 5. The number of carbonyl (C=O) groups excluding carboxylic acids is 1. The van der Waals surface area contributed by atoms with Gasteiger partial charge < -0.3 is 10.6 Å². The zero-order valence-corrected chi connectivity index (χ0v) is 12.6. The topological polar surface area (TPSA) is 64.9 Å². The third-order valence-corrected chi connectivity index (χ3v) is 4.68. The fourth-order valence-corrected chi connectivity index (χ4v) is 3.11. The summed E-state index contributed by atoms with van der Waals surface area (Å²) in [6.07, 6.45) is 11.0. The van der Waals surface area contributed by atoms with Crippen LogP contribution in [0.3, 0.4) is 0 Å². The normalized spacial score (nSPS) is 24.0. The van der Waals surface area contributed by atoms with E-state index in [1.807, 2.05) is 6.92 Å². The maximum absolute atomic E-state index is 12.0. The third kappa shape index (κ3) is 4.49. The van der Waals surface area contributed by atoms with Crippen LogP contribution in [-0.2, 0) is 4.79 Å². The van der Waals surface area contributed by atoms with E-state index in [-0.39, 0.29) is 5.91 Å². The van der Waals surface area contributed by atoms with E-state index in [0.29, 0.717) is 18.5 Å². The van der Waals surface area contributed by atoms with E-state index in [1.54, 1.807) is 0 Å². The van der Waals surface area contributed by atoms with Crippen LogP contribution in [0.1, 0.15) is 64.7 Å². The molecule has 112 valence electrons. The zero-order chi connectivity index (χ0) is 14.4. The first kappa shape index (κ1) is 15.3. The zero-order valence-electron chi connectivity index (χ0n) is 12.6. The Bertz CT molecular complexity index is 364. The number of amides is 1. The first-order chi connectivity index (χ1) is 9.64. The van der Waals surface area contributed by atoms with Gasteiger partial charge in [0.1, 0.15) is 5.54 Å². The molecule has 2 saturated carbocycles. The molecule has 2 aliphatic carbocycles. The summed E-state index contributed by atoms with van der Waals surface area (Å²) in [6, 6.07) is 2.74. The molecule has 4 heteroatoms. The monoisotopic (exact) mass is 277 g/mol. The molecule has 0 saturated heterocycles. The van der Waals surface area contributed by atoms with Crippen molar-refractivity contribution in [1.82, 2.24) is 10.6 Å². The Morgan fingerprint density at radius 3 is 2.30 bits per heavy atom. The number of hydrogen-bond acceptors (Lipinski definition) is 3. The van der Waals surface area contributed by atoms with Gasteiger partial charge in [0.2, 0.25) is 5.91 Å². The summed E-state index contributed by atoms with van der Waals surface area (Å²) < 4.78 is 0. The van der Waals surface area contributed by atoms with Gasteiger partial charge in [-0.1, -0.05) is 32.1 Å². The molecule has 2 N–H and O–H groups in total. The highest BCUT2D eigenvalue weighted by Crippen LogP contribution is 2.39. The Hall–Kier alpha value is -1.08. The Morgan fingerprint density at radius 2 is 1.75 bits per heavy atom. The molecular weight excluding hydrogens is 250 g/mol. The number of carbonyl (C=O) groups is 1. The molecule has 0 radical (unpaired) electrons. The molecule has 4 nitrogen and oxygen atoms in total. The minimum absolute atomic E-state index is 0.0389. The minimum atomic E-state index is -0.667. The number of nitriles is 1. The van der Waals surface area contributed by atoms with Crippen molar-refractivity contribution in [3.63, 3.8) is 0 Å². The van der Waals surface area contributed by atoms with E-state index >= 15 is 0 Å². The standard InChI is InChI=1S/C16H27N3O/c1-16(12-17,13-9-10-13)19-15(20)11-18-14-7-5-3-2-4-6-8-14/h13-14,18H,2-11H2,1H3,(H,19,20)/t16-/m0/s1. The molecule has 0 spiro atoms. The van der Waals surface area contributed by atoms with Crippen molar-refractivity contribution in [3.8, 4) is 6.07 Å². The van der Waals surface area contributed by atoms with E-state index in [9.17, 15) is 10.1 Å². The number of nitrogens with one attached hydrogen (secondary N) is 2. The Labute approximate surface area is 122 Å². The minimum Gasteiger partial charge on any atom is -0.337 e. The average Bonchev–Trinajstić information content (AvgIpc) is 3.22. The van der Waals surface area contributed by atoms with Crippen molar-refractivity contribution in [3.05, 3.63) is 0 Å². The quantitative estimate of drug-likeness (QED) is 0.811. The SMILES string of the molecule is C[C@@](C#N)(NC(=O)CNC1CCCCCCC1)C1CC1. The van der Waals surface area contributed by atoms with Gasteiger partial charge in [0.05, 0.1) is 12.6 Å². The second-order valence-corrected chi connectivity index (χ2v) is 6.56. The molecule has 0 unspecified atom stereocenters.